The van der Waals surface area contributed by atoms with Gasteiger partial charge in [0.15, 0.2) is 0 Å². The van der Waals surface area contributed by atoms with E-state index in [-0.39, 0.29) is 0 Å². The molecule has 0 N–H and O–H groups in total. The summed E-state index contributed by atoms with van der Waals surface area (Å²) >= 11 is 0. The van der Waals surface area contributed by atoms with Gasteiger partial charge in [0.1, 0.15) is 0 Å². The molecule has 0 aliphatic heterocycles. The van der Waals surface area contributed by atoms with Gasteiger partial charge in [-0.25, -0.2) is 9.59 Å². The molecular formula is C3HN2O2. The van der Waals surface area contributed by atoms with Gasteiger partial charge in [-0.05, 0) is 0 Å². The molecule has 0 spiro atoms. The van der Waals surface area contributed by atoms with Gasteiger partial charge in [0.2, 0.25) is 18.8 Å². The van der Waals surface area contributed by atoms with Crippen LogP contribution in [-0.2, 0) is 9.59 Å². The average molecular weight is 97.1 g/mol. The second kappa shape index (κ2) is 4.76. The Hall–Kier alpha value is -1.24. The zero-order chi connectivity index (χ0) is 5.54. The van der Waals surface area contributed by atoms with Crippen LogP contribution in [0.5, 0.6) is 0 Å². The van der Waals surface area contributed by atoms with E-state index in [1.165, 1.54) is 0 Å². The van der Waals surface area contributed by atoms with E-state index in [0.717, 1.165) is 18.8 Å². The summed E-state index contributed by atoms with van der Waals surface area (Å²) in [5.74, 6) is 0. The maximum Gasteiger partial charge on any atom is 0.237 e. The van der Waals surface area contributed by atoms with Crippen LogP contribution in [0, 0.1) is 6.67 Å². The minimum absolute atomic E-state index is 0.764. The second-order valence-corrected chi connectivity index (χ2v) is 0.556. The lowest BCUT2D eigenvalue weighted by molar-refractivity contribution is 0.562. The van der Waals surface area contributed by atoms with Crippen LogP contribution in [-0.4, -0.2) is 12.2 Å². The Labute approximate surface area is 39.6 Å². The summed E-state index contributed by atoms with van der Waals surface area (Å²) in [5, 5.41) is 0. The fraction of sp³-hybridized carbons (Fsp3) is 0. The van der Waals surface area contributed by atoms with Crippen LogP contribution >= 0.6 is 0 Å². The van der Waals surface area contributed by atoms with Gasteiger partial charge in [-0.2, -0.15) is 9.98 Å². The Morgan fingerprint density at radius 3 is 1.86 bits per heavy atom. The summed E-state index contributed by atoms with van der Waals surface area (Å²) in [4.78, 5) is 23.9. The van der Waals surface area contributed by atoms with Gasteiger partial charge >= 0.3 is 0 Å². The molecule has 1 radical (unpaired) electrons. The standard InChI is InChI=1S/C3HN2O2/c6-2-4-1-5-3-7/h1H. The SMILES string of the molecule is O=C=N[CH]N=C=O. The number of isocyanates is 2. The Balaban J connectivity index is 3.33. The minimum atomic E-state index is 0.764. The van der Waals surface area contributed by atoms with E-state index < -0.39 is 0 Å². The number of hydrogen-bond donors (Lipinski definition) is 0. The van der Waals surface area contributed by atoms with E-state index >= 15 is 0 Å². The summed E-state index contributed by atoms with van der Waals surface area (Å²) in [5.41, 5.74) is 0. The van der Waals surface area contributed by atoms with Gasteiger partial charge in [0.25, 0.3) is 0 Å². The topological polar surface area (TPSA) is 58.9 Å². The van der Waals surface area contributed by atoms with Crippen molar-refractivity contribution in [3.05, 3.63) is 6.67 Å². The van der Waals surface area contributed by atoms with Crippen molar-refractivity contribution < 1.29 is 9.59 Å². The molecule has 0 fully saturated rings. The third-order valence-corrected chi connectivity index (χ3v) is 0.221. The molecule has 0 heterocycles. The average Bonchev–Trinajstić information content (AvgIpc) is 1.69. The number of nitrogens with zero attached hydrogens (tertiary/aromatic N) is 2. The largest absolute Gasteiger partial charge is 0.237 e. The van der Waals surface area contributed by atoms with Crippen molar-refractivity contribution in [2.45, 2.75) is 0 Å². The van der Waals surface area contributed by atoms with Crippen molar-refractivity contribution >= 4 is 12.2 Å². The quantitative estimate of drug-likeness (QED) is 0.353. The van der Waals surface area contributed by atoms with Crippen LogP contribution < -0.4 is 0 Å². The van der Waals surface area contributed by atoms with Crippen LogP contribution in [0.25, 0.3) is 0 Å². The molecule has 0 aromatic rings. The highest BCUT2D eigenvalue weighted by Crippen LogP contribution is 1.71. The van der Waals surface area contributed by atoms with E-state index in [1.807, 2.05) is 0 Å². The summed E-state index contributed by atoms with van der Waals surface area (Å²) in [6.07, 6.45) is 2.30. The predicted molar refractivity (Wildman–Crippen MR) is 20.5 cm³/mol. The summed E-state index contributed by atoms with van der Waals surface area (Å²) in [7, 11) is 0. The summed E-state index contributed by atoms with van der Waals surface area (Å²) in [6.45, 7) is 0.764. The molecule has 0 bridgehead atoms. The van der Waals surface area contributed by atoms with E-state index in [4.69, 9.17) is 9.59 Å². The van der Waals surface area contributed by atoms with E-state index in [1.54, 1.807) is 0 Å². The molecule has 0 atom stereocenters. The Kier molecular flexibility index (Phi) is 3.92. The summed E-state index contributed by atoms with van der Waals surface area (Å²) < 4.78 is 0. The first-order chi connectivity index (χ1) is 3.41. The van der Waals surface area contributed by atoms with Gasteiger partial charge in [-0.1, -0.05) is 0 Å². The lowest BCUT2D eigenvalue weighted by Crippen LogP contribution is -1.56. The first-order valence-electron chi connectivity index (χ1n) is 1.37. The highest BCUT2D eigenvalue weighted by atomic mass is 16.1. The smallest absolute Gasteiger partial charge is 0.211 e. The first kappa shape index (κ1) is 5.76. The van der Waals surface area contributed by atoms with Crippen molar-refractivity contribution in [2.75, 3.05) is 0 Å². The number of hydrogen-bond acceptors (Lipinski definition) is 4. The molecule has 4 nitrogen and oxygen atoms in total. The zero-order valence-electron chi connectivity index (χ0n) is 3.29. The predicted octanol–water partition coefficient (Wildman–Crippen LogP) is -0.223. The monoisotopic (exact) mass is 97.0 g/mol. The molecule has 0 aromatic carbocycles. The number of carbonyl (C=O) groups excluding carboxylic acids is 2. The third kappa shape index (κ3) is 4.76. The van der Waals surface area contributed by atoms with Crippen molar-refractivity contribution in [3.63, 3.8) is 0 Å². The van der Waals surface area contributed by atoms with Crippen molar-refractivity contribution in [3.8, 4) is 0 Å². The molecule has 35 valence electrons. The molecule has 0 aliphatic carbocycles. The normalized spacial score (nSPS) is 5.71. The molecule has 0 amide bonds. The number of rotatable bonds is 2. The van der Waals surface area contributed by atoms with Crippen LogP contribution in [0.3, 0.4) is 0 Å². The van der Waals surface area contributed by atoms with Gasteiger partial charge in [-0.15, -0.1) is 0 Å². The molecule has 7 heavy (non-hydrogen) atoms. The minimum Gasteiger partial charge on any atom is -0.211 e. The third-order valence-electron chi connectivity index (χ3n) is 0.221. The van der Waals surface area contributed by atoms with Crippen LogP contribution in [0.2, 0.25) is 0 Å². The second-order valence-electron chi connectivity index (χ2n) is 0.556. The zero-order valence-corrected chi connectivity index (χ0v) is 3.29. The van der Waals surface area contributed by atoms with Gasteiger partial charge in [-0.3, -0.25) is 0 Å². The Morgan fingerprint density at radius 2 is 1.57 bits per heavy atom. The molecule has 4 heteroatoms. The number of aliphatic imine (C=N–C) groups is 2. The highest BCUT2D eigenvalue weighted by molar-refractivity contribution is 5.37. The molecule has 0 saturated carbocycles. The Bertz CT molecular complexity index is 114. The summed E-state index contributed by atoms with van der Waals surface area (Å²) in [6, 6.07) is 0. The fourth-order valence-corrected chi connectivity index (χ4v) is 0.0760. The molecule has 0 aliphatic rings. The lowest BCUT2D eigenvalue weighted by Gasteiger charge is -1.61. The van der Waals surface area contributed by atoms with E-state index in [9.17, 15) is 0 Å². The molecule has 0 unspecified atom stereocenters. The van der Waals surface area contributed by atoms with Gasteiger partial charge < -0.3 is 0 Å². The lowest BCUT2D eigenvalue weighted by atomic mass is 11.1. The van der Waals surface area contributed by atoms with Crippen LogP contribution in [0.15, 0.2) is 9.98 Å². The van der Waals surface area contributed by atoms with Crippen LogP contribution in [0.4, 0.5) is 0 Å². The maximum absolute atomic E-state index is 9.17. The molecule has 0 aromatic heterocycles. The van der Waals surface area contributed by atoms with E-state index in [0.29, 0.717) is 0 Å². The van der Waals surface area contributed by atoms with Crippen molar-refractivity contribution in [2.24, 2.45) is 9.98 Å². The molecular weight excluding hydrogens is 96.0 g/mol. The maximum atomic E-state index is 9.17. The fourth-order valence-electron chi connectivity index (χ4n) is 0.0760. The molecule has 0 saturated heterocycles. The van der Waals surface area contributed by atoms with E-state index in [2.05, 4.69) is 9.98 Å². The van der Waals surface area contributed by atoms with Gasteiger partial charge in [0, 0.05) is 0 Å². The Morgan fingerprint density at radius 1 is 1.14 bits per heavy atom. The first-order valence-corrected chi connectivity index (χ1v) is 1.37. The van der Waals surface area contributed by atoms with Crippen molar-refractivity contribution in [1.82, 2.24) is 0 Å². The van der Waals surface area contributed by atoms with Crippen LogP contribution in [0.1, 0.15) is 0 Å². The van der Waals surface area contributed by atoms with Gasteiger partial charge in [0.05, 0.1) is 0 Å². The highest BCUT2D eigenvalue weighted by Gasteiger charge is 1.65. The van der Waals surface area contributed by atoms with Crippen molar-refractivity contribution in [1.29, 1.82) is 0 Å². The molecule has 0 rings (SSSR count).